The monoisotopic (exact) mass is 319 g/mol. The molecule has 16 heavy (non-hydrogen) atoms. The van der Waals surface area contributed by atoms with Crippen LogP contribution in [0.3, 0.4) is 0 Å². The van der Waals surface area contributed by atoms with Crippen molar-refractivity contribution in [3.8, 4) is 0 Å². The normalized spacial score (nSPS) is 10.4. The molecule has 0 aliphatic rings. The number of hydrogen-bond donors (Lipinski definition) is 1. The van der Waals surface area contributed by atoms with Gasteiger partial charge in [0, 0.05) is 11.4 Å². The minimum atomic E-state index is -0.325. The van der Waals surface area contributed by atoms with Crippen LogP contribution >= 0.6 is 38.9 Å². The Morgan fingerprint density at radius 1 is 1.31 bits per heavy atom. The van der Waals surface area contributed by atoms with Gasteiger partial charge in [0.05, 0.1) is 14.5 Å². The largest absolute Gasteiger partial charge is 0.379 e. The van der Waals surface area contributed by atoms with E-state index >= 15 is 0 Å². The molecule has 1 N–H and O–H groups in total. The van der Waals surface area contributed by atoms with E-state index in [1.54, 1.807) is 17.4 Å². The SMILES string of the molecule is Fc1ccc(NCc2ccc(Br)s2)c(Cl)c1. The first-order valence-corrected chi connectivity index (χ1v) is 6.57. The number of anilines is 1. The summed E-state index contributed by atoms with van der Waals surface area (Å²) in [5, 5.41) is 3.56. The molecule has 84 valence electrons. The van der Waals surface area contributed by atoms with Gasteiger partial charge in [0.2, 0.25) is 0 Å². The van der Waals surface area contributed by atoms with Crippen molar-refractivity contribution in [3.05, 3.63) is 49.8 Å². The summed E-state index contributed by atoms with van der Waals surface area (Å²) in [6.45, 7) is 0.682. The summed E-state index contributed by atoms with van der Waals surface area (Å²) in [6, 6.07) is 8.35. The van der Waals surface area contributed by atoms with Crippen LogP contribution in [0.15, 0.2) is 34.1 Å². The third kappa shape index (κ3) is 2.97. The molecule has 0 fully saturated rings. The summed E-state index contributed by atoms with van der Waals surface area (Å²) in [5.41, 5.74) is 0.743. The van der Waals surface area contributed by atoms with Crippen molar-refractivity contribution < 1.29 is 4.39 Å². The second-order valence-corrected chi connectivity index (χ2v) is 6.14. The molecule has 0 bridgehead atoms. The highest BCUT2D eigenvalue weighted by atomic mass is 79.9. The maximum absolute atomic E-state index is 12.8. The number of hydrogen-bond acceptors (Lipinski definition) is 2. The number of benzene rings is 1. The number of nitrogens with one attached hydrogen (secondary N) is 1. The maximum atomic E-state index is 12.8. The zero-order chi connectivity index (χ0) is 11.5. The van der Waals surface area contributed by atoms with Gasteiger partial charge in [-0.1, -0.05) is 11.6 Å². The molecule has 0 spiro atoms. The van der Waals surface area contributed by atoms with E-state index in [1.807, 2.05) is 12.1 Å². The predicted molar refractivity (Wildman–Crippen MR) is 70.8 cm³/mol. The van der Waals surface area contributed by atoms with Gasteiger partial charge in [0.25, 0.3) is 0 Å². The summed E-state index contributed by atoms with van der Waals surface area (Å²) in [4.78, 5) is 1.19. The molecule has 0 aliphatic heterocycles. The van der Waals surface area contributed by atoms with E-state index < -0.39 is 0 Å². The van der Waals surface area contributed by atoms with Crippen LogP contribution in [0.1, 0.15) is 4.88 Å². The lowest BCUT2D eigenvalue weighted by Crippen LogP contribution is -1.98. The lowest BCUT2D eigenvalue weighted by Gasteiger charge is -2.06. The fraction of sp³-hybridized carbons (Fsp3) is 0.0909. The van der Waals surface area contributed by atoms with Gasteiger partial charge < -0.3 is 5.32 Å². The Morgan fingerprint density at radius 2 is 2.12 bits per heavy atom. The van der Waals surface area contributed by atoms with E-state index in [4.69, 9.17) is 11.6 Å². The van der Waals surface area contributed by atoms with Crippen LogP contribution in [0.2, 0.25) is 5.02 Å². The van der Waals surface area contributed by atoms with Gasteiger partial charge in [-0.25, -0.2) is 4.39 Å². The smallest absolute Gasteiger partial charge is 0.124 e. The van der Waals surface area contributed by atoms with Gasteiger partial charge in [0.15, 0.2) is 0 Å². The lowest BCUT2D eigenvalue weighted by atomic mass is 10.3. The van der Waals surface area contributed by atoms with Gasteiger partial charge in [-0.05, 0) is 46.3 Å². The van der Waals surface area contributed by atoms with Gasteiger partial charge >= 0.3 is 0 Å². The first-order valence-electron chi connectivity index (χ1n) is 4.58. The number of halogens is 3. The highest BCUT2D eigenvalue weighted by molar-refractivity contribution is 9.11. The third-order valence-corrected chi connectivity index (χ3v) is 3.95. The van der Waals surface area contributed by atoms with Crippen LogP contribution in [-0.2, 0) is 6.54 Å². The van der Waals surface area contributed by atoms with E-state index in [-0.39, 0.29) is 5.82 Å². The van der Waals surface area contributed by atoms with Crippen molar-refractivity contribution >= 4 is 44.6 Å². The average molecular weight is 321 g/mol. The predicted octanol–water partition coefficient (Wildman–Crippen LogP) is 4.92. The summed E-state index contributed by atoms with van der Waals surface area (Å²) < 4.78 is 13.9. The number of rotatable bonds is 3. The van der Waals surface area contributed by atoms with Crippen molar-refractivity contribution in [1.29, 1.82) is 0 Å². The summed E-state index contributed by atoms with van der Waals surface area (Å²) in [7, 11) is 0. The molecule has 0 aliphatic carbocycles. The average Bonchev–Trinajstić information content (AvgIpc) is 2.63. The molecule has 0 saturated heterocycles. The number of thiophene rings is 1. The lowest BCUT2D eigenvalue weighted by molar-refractivity contribution is 0.628. The van der Waals surface area contributed by atoms with Gasteiger partial charge in [-0.3, -0.25) is 0 Å². The fourth-order valence-corrected chi connectivity index (χ4v) is 2.92. The van der Waals surface area contributed by atoms with Crippen LogP contribution in [0, 0.1) is 5.82 Å². The minimum absolute atomic E-state index is 0.325. The Morgan fingerprint density at radius 3 is 2.75 bits per heavy atom. The van der Waals surface area contributed by atoms with Crippen molar-refractivity contribution in [2.45, 2.75) is 6.54 Å². The molecule has 0 saturated carbocycles. The van der Waals surface area contributed by atoms with E-state index in [1.165, 1.54) is 17.0 Å². The van der Waals surface area contributed by atoms with E-state index in [0.717, 1.165) is 9.47 Å². The van der Waals surface area contributed by atoms with Crippen molar-refractivity contribution in [1.82, 2.24) is 0 Å². The zero-order valence-electron chi connectivity index (χ0n) is 8.14. The zero-order valence-corrected chi connectivity index (χ0v) is 11.3. The van der Waals surface area contributed by atoms with Gasteiger partial charge in [-0.2, -0.15) is 0 Å². The van der Waals surface area contributed by atoms with E-state index in [0.29, 0.717) is 11.6 Å². The van der Waals surface area contributed by atoms with Gasteiger partial charge in [-0.15, -0.1) is 11.3 Å². The summed E-state index contributed by atoms with van der Waals surface area (Å²) >= 11 is 10.9. The first-order chi connectivity index (χ1) is 7.65. The maximum Gasteiger partial charge on any atom is 0.124 e. The Bertz CT molecular complexity index is 500. The van der Waals surface area contributed by atoms with Crippen molar-refractivity contribution in [2.24, 2.45) is 0 Å². The molecule has 1 aromatic carbocycles. The van der Waals surface area contributed by atoms with Crippen LogP contribution in [-0.4, -0.2) is 0 Å². The van der Waals surface area contributed by atoms with Crippen LogP contribution in [0.4, 0.5) is 10.1 Å². The van der Waals surface area contributed by atoms with Gasteiger partial charge in [0.1, 0.15) is 5.82 Å². The third-order valence-electron chi connectivity index (χ3n) is 2.01. The van der Waals surface area contributed by atoms with Crippen molar-refractivity contribution in [2.75, 3.05) is 5.32 Å². The summed E-state index contributed by atoms with van der Waals surface area (Å²) in [5.74, 6) is -0.325. The first kappa shape index (κ1) is 11.9. The molecule has 2 rings (SSSR count). The molecule has 2 aromatic rings. The van der Waals surface area contributed by atoms with E-state index in [2.05, 4.69) is 21.2 Å². The minimum Gasteiger partial charge on any atom is -0.379 e. The van der Waals surface area contributed by atoms with Crippen molar-refractivity contribution in [3.63, 3.8) is 0 Å². The second kappa shape index (κ2) is 5.17. The highest BCUT2D eigenvalue weighted by Gasteiger charge is 2.02. The quantitative estimate of drug-likeness (QED) is 0.847. The van der Waals surface area contributed by atoms with Crippen LogP contribution in [0.5, 0.6) is 0 Å². The van der Waals surface area contributed by atoms with E-state index in [9.17, 15) is 4.39 Å². The van der Waals surface area contributed by atoms with Crippen LogP contribution in [0.25, 0.3) is 0 Å². The Kier molecular flexibility index (Phi) is 3.84. The highest BCUT2D eigenvalue weighted by Crippen LogP contribution is 2.26. The molecular formula is C11H8BrClFNS. The Balaban J connectivity index is 2.04. The molecule has 5 heteroatoms. The molecule has 1 heterocycles. The molecule has 0 unspecified atom stereocenters. The fourth-order valence-electron chi connectivity index (χ4n) is 1.26. The molecule has 0 atom stereocenters. The standard InChI is InChI=1S/C11H8BrClFNS/c12-11-4-2-8(16-11)6-15-10-3-1-7(14)5-9(10)13/h1-5,15H,6H2. The molecule has 0 radical (unpaired) electrons. The topological polar surface area (TPSA) is 12.0 Å². The summed E-state index contributed by atoms with van der Waals surface area (Å²) in [6.07, 6.45) is 0. The Hall–Kier alpha value is -0.580. The second-order valence-electron chi connectivity index (χ2n) is 3.18. The molecule has 1 nitrogen and oxygen atoms in total. The molecular weight excluding hydrogens is 313 g/mol. The molecule has 0 amide bonds. The molecule has 1 aromatic heterocycles. The Labute approximate surface area is 110 Å². The van der Waals surface area contributed by atoms with Crippen LogP contribution < -0.4 is 5.32 Å².